The van der Waals surface area contributed by atoms with Crippen molar-refractivity contribution in [2.75, 3.05) is 18.2 Å². The van der Waals surface area contributed by atoms with E-state index < -0.39 is 5.82 Å². The molecule has 0 saturated carbocycles. The van der Waals surface area contributed by atoms with Crippen molar-refractivity contribution in [1.29, 1.82) is 0 Å². The molecule has 0 amide bonds. The molecule has 0 spiro atoms. The van der Waals surface area contributed by atoms with Gasteiger partial charge in [-0.05, 0) is 18.2 Å². The van der Waals surface area contributed by atoms with Crippen LogP contribution >= 0.6 is 11.6 Å². The van der Waals surface area contributed by atoms with Gasteiger partial charge in [0.15, 0.2) is 0 Å². The van der Waals surface area contributed by atoms with Gasteiger partial charge in [0.25, 0.3) is 0 Å². The average Bonchev–Trinajstić information content (AvgIpc) is 2.26. The number of aromatic nitrogens is 2. The Morgan fingerprint density at radius 1 is 1.28 bits per heavy atom. The third kappa shape index (κ3) is 2.98. The number of nitrogens with two attached hydrogens (primary N) is 1. The van der Waals surface area contributed by atoms with E-state index in [0.717, 1.165) is 0 Å². The van der Waals surface area contributed by atoms with Crippen molar-refractivity contribution in [3.8, 4) is 5.88 Å². The minimum atomic E-state index is -0.445. The third-order valence-electron chi connectivity index (χ3n) is 2.06. The Bertz CT molecular complexity index is 559. The molecule has 0 bridgehead atoms. The number of hydrogen-bond acceptors (Lipinski definition) is 5. The Morgan fingerprint density at radius 3 is 2.72 bits per heavy atom. The van der Waals surface area contributed by atoms with E-state index in [1.807, 2.05) is 0 Å². The van der Waals surface area contributed by atoms with Gasteiger partial charge in [0.1, 0.15) is 11.6 Å². The fraction of sp³-hybridized carbons (Fsp3) is 0.0909. The van der Waals surface area contributed by atoms with Gasteiger partial charge >= 0.3 is 0 Å². The molecule has 0 aliphatic rings. The topological polar surface area (TPSA) is 73.1 Å². The summed E-state index contributed by atoms with van der Waals surface area (Å²) >= 11 is 5.74. The van der Waals surface area contributed by atoms with Crippen molar-refractivity contribution in [2.45, 2.75) is 0 Å². The highest BCUT2D eigenvalue weighted by molar-refractivity contribution is 6.30. The normalized spacial score (nSPS) is 10.2. The zero-order chi connectivity index (χ0) is 13.1. The first kappa shape index (κ1) is 12.4. The van der Waals surface area contributed by atoms with Crippen LogP contribution in [0.2, 0.25) is 5.02 Å². The summed E-state index contributed by atoms with van der Waals surface area (Å²) in [4.78, 5) is 7.78. The molecule has 94 valence electrons. The minimum absolute atomic E-state index is 0.0550. The van der Waals surface area contributed by atoms with Crippen molar-refractivity contribution in [1.82, 2.24) is 9.97 Å². The van der Waals surface area contributed by atoms with E-state index in [9.17, 15) is 4.39 Å². The molecule has 0 radical (unpaired) electrons. The van der Waals surface area contributed by atoms with E-state index >= 15 is 0 Å². The maximum atomic E-state index is 13.1. The van der Waals surface area contributed by atoms with Gasteiger partial charge in [-0.1, -0.05) is 11.6 Å². The molecule has 18 heavy (non-hydrogen) atoms. The molecule has 1 aromatic heterocycles. The second-order valence-electron chi connectivity index (χ2n) is 3.44. The highest BCUT2D eigenvalue weighted by Gasteiger charge is 2.04. The predicted octanol–water partition coefficient (Wildman–Crippen LogP) is 2.60. The molecular formula is C11H10ClFN4O. The summed E-state index contributed by atoms with van der Waals surface area (Å²) in [6.45, 7) is 0. The second-order valence-corrected chi connectivity index (χ2v) is 3.87. The number of ether oxygens (including phenoxy) is 1. The van der Waals surface area contributed by atoms with Crippen molar-refractivity contribution < 1.29 is 9.13 Å². The van der Waals surface area contributed by atoms with Crippen LogP contribution in [0.15, 0.2) is 24.3 Å². The number of rotatable bonds is 3. The minimum Gasteiger partial charge on any atom is -0.481 e. The molecule has 0 atom stereocenters. The lowest BCUT2D eigenvalue weighted by Crippen LogP contribution is -2.02. The van der Waals surface area contributed by atoms with E-state index in [0.29, 0.717) is 17.4 Å². The van der Waals surface area contributed by atoms with Crippen molar-refractivity contribution in [3.63, 3.8) is 0 Å². The molecule has 1 aromatic carbocycles. The van der Waals surface area contributed by atoms with Gasteiger partial charge < -0.3 is 15.8 Å². The van der Waals surface area contributed by atoms with Crippen molar-refractivity contribution >= 4 is 29.1 Å². The number of halogens is 2. The van der Waals surface area contributed by atoms with E-state index in [-0.39, 0.29) is 11.0 Å². The molecule has 1 heterocycles. The second kappa shape index (κ2) is 5.05. The number of benzene rings is 1. The first-order chi connectivity index (χ1) is 8.56. The summed E-state index contributed by atoms with van der Waals surface area (Å²) < 4.78 is 18.1. The Balaban J connectivity index is 2.30. The number of methoxy groups -OCH3 is 1. The molecule has 3 N–H and O–H groups in total. The highest BCUT2D eigenvalue weighted by atomic mass is 35.5. The number of nitrogen functional groups attached to an aromatic ring is 1. The van der Waals surface area contributed by atoms with E-state index in [1.54, 1.807) is 6.07 Å². The summed E-state index contributed by atoms with van der Waals surface area (Å²) in [5.41, 5.74) is 5.96. The third-order valence-corrected chi connectivity index (χ3v) is 2.28. The number of hydrogen-bond donors (Lipinski definition) is 2. The van der Waals surface area contributed by atoms with Crippen molar-refractivity contribution in [3.05, 3.63) is 35.1 Å². The van der Waals surface area contributed by atoms with Crippen LogP contribution in [0, 0.1) is 5.82 Å². The molecule has 2 aromatic rings. The lowest BCUT2D eigenvalue weighted by Gasteiger charge is -2.08. The predicted molar refractivity (Wildman–Crippen MR) is 67.7 cm³/mol. The maximum absolute atomic E-state index is 13.1. The molecule has 5 nitrogen and oxygen atoms in total. The summed E-state index contributed by atoms with van der Waals surface area (Å²) in [7, 11) is 1.46. The number of nitrogens with one attached hydrogen (secondary N) is 1. The Labute approximate surface area is 108 Å². The lowest BCUT2D eigenvalue weighted by atomic mass is 10.3. The van der Waals surface area contributed by atoms with E-state index in [2.05, 4.69) is 15.3 Å². The van der Waals surface area contributed by atoms with Crippen LogP contribution in [0.5, 0.6) is 5.88 Å². The standard InChI is InChI=1S/C11H10ClFN4O/c1-18-10-5-9(16-11(14)17-10)15-8-3-6(12)2-7(13)4-8/h2-5H,1H3,(H3,14,15,16,17). The van der Waals surface area contributed by atoms with Gasteiger partial charge in [0, 0.05) is 16.8 Å². The zero-order valence-corrected chi connectivity index (χ0v) is 10.2. The molecule has 0 saturated heterocycles. The molecular weight excluding hydrogens is 259 g/mol. The summed E-state index contributed by atoms with van der Waals surface area (Å²) in [5, 5.41) is 3.15. The number of nitrogens with zero attached hydrogens (tertiary/aromatic N) is 2. The van der Waals surface area contributed by atoms with E-state index in [4.69, 9.17) is 22.1 Å². The van der Waals surface area contributed by atoms with Crippen LogP contribution < -0.4 is 15.8 Å². The highest BCUT2D eigenvalue weighted by Crippen LogP contribution is 2.23. The van der Waals surface area contributed by atoms with Crippen LogP contribution in [0.3, 0.4) is 0 Å². The molecule has 2 rings (SSSR count). The van der Waals surface area contributed by atoms with Gasteiger partial charge in [-0.15, -0.1) is 0 Å². The van der Waals surface area contributed by atoms with Crippen molar-refractivity contribution in [2.24, 2.45) is 0 Å². The molecule has 0 aliphatic heterocycles. The lowest BCUT2D eigenvalue weighted by molar-refractivity contribution is 0.398. The quantitative estimate of drug-likeness (QED) is 0.895. The smallest absolute Gasteiger partial charge is 0.225 e. The van der Waals surface area contributed by atoms with Crippen LogP contribution in [0.1, 0.15) is 0 Å². The van der Waals surface area contributed by atoms with Gasteiger partial charge in [-0.25, -0.2) is 4.39 Å². The molecule has 7 heteroatoms. The first-order valence-electron chi connectivity index (χ1n) is 4.98. The van der Waals surface area contributed by atoms with Gasteiger partial charge in [0.05, 0.1) is 7.11 Å². The van der Waals surface area contributed by atoms with Gasteiger partial charge in [-0.3, -0.25) is 0 Å². The fourth-order valence-electron chi connectivity index (χ4n) is 1.39. The molecule has 0 aliphatic carbocycles. The SMILES string of the molecule is COc1cc(Nc2cc(F)cc(Cl)c2)nc(N)n1. The molecule has 0 fully saturated rings. The molecule has 0 unspecified atom stereocenters. The number of anilines is 3. The first-order valence-corrected chi connectivity index (χ1v) is 5.36. The largest absolute Gasteiger partial charge is 0.481 e. The van der Waals surface area contributed by atoms with Crippen LogP contribution in [-0.4, -0.2) is 17.1 Å². The van der Waals surface area contributed by atoms with Crippen LogP contribution in [0.4, 0.5) is 21.8 Å². The van der Waals surface area contributed by atoms with E-state index in [1.165, 1.54) is 25.3 Å². The van der Waals surface area contributed by atoms with Gasteiger partial charge in [-0.2, -0.15) is 9.97 Å². The summed E-state index contributed by atoms with van der Waals surface area (Å²) in [5.74, 6) is 0.312. The summed E-state index contributed by atoms with van der Waals surface area (Å²) in [6.07, 6.45) is 0. The Kier molecular flexibility index (Phi) is 3.47. The zero-order valence-electron chi connectivity index (χ0n) is 9.45. The average molecular weight is 269 g/mol. The Morgan fingerprint density at radius 2 is 2.06 bits per heavy atom. The summed E-state index contributed by atoms with van der Waals surface area (Å²) in [6, 6.07) is 5.60. The van der Waals surface area contributed by atoms with Crippen LogP contribution in [0.25, 0.3) is 0 Å². The maximum Gasteiger partial charge on any atom is 0.225 e. The van der Waals surface area contributed by atoms with Crippen LogP contribution in [-0.2, 0) is 0 Å². The van der Waals surface area contributed by atoms with Gasteiger partial charge in [0.2, 0.25) is 11.8 Å². The monoisotopic (exact) mass is 268 g/mol. The fourth-order valence-corrected chi connectivity index (χ4v) is 1.61. The Hall–Kier alpha value is -2.08.